The van der Waals surface area contributed by atoms with Crippen molar-refractivity contribution in [2.45, 2.75) is 38.1 Å². The predicted octanol–water partition coefficient (Wildman–Crippen LogP) is 1.90. The molecule has 0 aromatic heterocycles. The molecule has 2 unspecified atom stereocenters. The van der Waals surface area contributed by atoms with Gasteiger partial charge in [-0.25, -0.2) is 0 Å². The molecule has 0 spiro atoms. The molecule has 1 aromatic rings. The fourth-order valence-corrected chi connectivity index (χ4v) is 2.47. The number of rotatable bonds is 3. The van der Waals surface area contributed by atoms with E-state index >= 15 is 0 Å². The van der Waals surface area contributed by atoms with E-state index in [-0.39, 0.29) is 17.9 Å². The Bertz CT molecular complexity index is 473. The summed E-state index contributed by atoms with van der Waals surface area (Å²) >= 11 is 4.88. The maximum Gasteiger partial charge on any atom is 0.228 e. The highest BCUT2D eigenvalue weighted by Gasteiger charge is 2.27. The van der Waals surface area contributed by atoms with Crippen molar-refractivity contribution < 1.29 is 4.79 Å². The van der Waals surface area contributed by atoms with Crippen LogP contribution in [-0.4, -0.2) is 16.9 Å². The molecule has 0 radical (unpaired) electrons. The second kappa shape index (κ2) is 5.48. The van der Waals surface area contributed by atoms with Crippen LogP contribution in [0, 0.1) is 0 Å². The summed E-state index contributed by atoms with van der Waals surface area (Å²) in [6, 6.07) is 7.91. The van der Waals surface area contributed by atoms with Crippen molar-refractivity contribution in [3.8, 4) is 0 Å². The van der Waals surface area contributed by atoms with Crippen LogP contribution in [0.2, 0.25) is 0 Å². The van der Waals surface area contributed by atoms with Gasteiger partial charge < -0.3 is 11.1 Å². The smallest absolute Gasteiger partial charge is 0.228 e. The molecule has 96 valence electrons. The molecular formula is C14H18N2OS. The number of carbonyl (C=O) groups is 1. The first-order valence-corrected chi connectivity index (χ1v) is 6.68. The second-order valence-corrected chi connectivity index (χ2v) is 5.25. The van der Waals surface area contributed by atoms with Crippen LogP contribution in [0.15, 0.2) is 24.3 Å². The van der Waals surface area contributed by atoms with Crippen molar-refractivity contribution in [1.29, 1.82) is 0 Å². The SMILES string of the molecule is CC(NC(=O)C1CCCc2ccccc21)C(N)=S. The third-order valence-corrected chi connectivity index (χ3v) is 3.83. The molecule has 0 fully saturated rings. The molecule has 1 aliphatic carbocycles. The molecule has 1 aliphatic rings. The Balaban J connectivity index is 2.15. The van der Waals surface area contributed by atoms with Crippen LogP contribution in [0.3, 0.4) is 0 Å². The van der Waals surface area contributed by atoms with E-state index in [0.717, 1.165) is 24.8 Å². The summed E-state index contributed by atoms with van der Waals surface area (Å²) in [6.07, 6.45) is 3.01. The molecule has 0 saturated heterocycles. The maximum atomic E-state index is 12.2. The molecule has 0 aliphatic heterocycles. The van der Waals surface area contributed by atoms with Crippen LogP contribution in [0.4, 0.5) is 0 Å². The zero-order chi connectivity index (χ0) is 13.1. The number of thiocarbonyl (C=S) groups is 1. The number of amides is 1. The van der Waals surface area contributed by atoms with Crippen molar-refractivity contribution in [2.24, 2.45) is 5.73 Å². The molecule has 3 nitrogen and oxygen atoms in total. The second-order valence-electron chi connectivity index (χ2n) is 4.78. The lowest BCUT2D eigenvalue weighted by Crippen LogP contribution is -2.43. The van der Waals surface area contributed by atoms with Gasteiger partial charge in [-0.05, 0) is 37.3 Å². The van der Waals surface area contributed by atoms with Crippen LogP contribution in [0.25, 0.3) is 0 Å². The minimum absolute atomic E-state index is 0.0300. The molecule has 1 aromatic carbocycles. The first-order valence-electron chi connectivity index (χ1n) is 6.27. The van der Waals surface area contributed by atoms with Gasteiger partial charge in [-0.3, -0.25) is 4.79 Å². The number of benzene rings is 1. The number of carbonyl (C=O) groups excluding carboxylic acids is 1. The minimum atomic E-state index is -0.249. The van der Waals surface area contributed by atoms with Gasteiger partial charge in [0.05, 0.1) is 16.9 Å². The van der Waals surface area contributed by atoms with Gasteiger partial charge in [-0.2, -0.15) is 0 Å². The van der Waals surface area contributed by atoms with E-state index in [9.17, 15) is 4.79 Å². The van der Waals surface area contributed by atoms with E-state index < -0.39 is 0 Å². The summed E-state index contributed by atoms with van der Waals surface area (Å²) in [5.41, 5.74) is 7.96. The van der Waals surface area contributed by atoms with E-state index in [1.165, 1.54) is 5.56 Å². The largest absolute Gasteiger partial charge is 0.392 e. The molecule has 4 heteroatoms. The van der Waals surface area contributed by atoms with Crippen molar-refractivity contribution in [3.05, 3.63) is 35.4 Å². The lowest BCUT2D eigenvalue weighted by atomic mass is 9.82. The van der Waals surface area contributed by atoms with E-state index in [1.807, 2.05) is 25.1 Å². The predicted molar refractivity (Wildman–Crippen MR) is 76.5 cm³/mol. The Labute approximate surface area is 113 Å². The first-order chi connectivity index (χ1) is 8.59. The molecule has 0 bridgehead atoms. The average Bonchev–Trinajstić information content (AvgIpc) is 2.37. The Morgan fingerprint density at radius 2 is 2.22 bits per heavy atom. The average molecular weight is 262 g/mol. The van der Waals surface area contributed by atoms with Crippen LogP contribution >= 0.6 is 12.2 Å². The van der Waals surface area contributed by atoms with Crippen LogP contribution in [0.1, 0.15) is 36.8 Å². The van der Waals surface area contributed by atoms with Gasteiger partial charge in [0, 0.05) is 0 Å². The first kappa shape index (κ1) is 13.0. The van der Waals surface area contributed by atoms with Gasteiger partial charge >= 0.3 is 0 Å². The van der Waals surface area contributed by atoms with Gasteiger partial charge in [-0.15, -0.1) is 0 Å². The number of nitrogens with two attached hydrogens (primary N) is 1. The Morgan fingerprint density at radius 1 is 1.50 bits per heavy atom. The van der Waals surface area contributed by atoms with Gasteiger partial charge in [0.2, 0.25) is 5.91 Å². The Kier molecular flexibility index (Phi) is 3.97. The molecule has 3 N–H and O–H groups in total. The maximum absolute atomic E-state index is 12.2. The van der Waals surface area contributed by atoms with Crippen molar-refractivity contribution >= 4 is 23.1 Å². The molecule has 2 atom stereocenters. The summed E-state index contributed by atoms with van der Waals surface area (Å²) in [6.45, 7) is 1.81. The standard InChI is InChI=1S/C14H18N2OS/c1-9(13(15)18)16-14(17)12-8-4-6-10-5-2-3-7-11(10)12/h2-3,5,7,9,12H,4,6,8H2,1H3,(H2,15,18)(H,16,17). The third kappa shape index (κ3) is 2.70. The fraction of sp³-hybridized carbons (Fsp3) is 0.429. The van der Waals surface area contributed by atoms with Gasteiger partial charge in [0.15, 0.2) is 0 Å². The third-order valence-electron chi connectivity index (χ3n) is 3.47. The highest BCUT2D eigenvalue weighted by Crippen LogP contribution is 2.31. The van der Waals surface area contributed by atoms with Gasteiger partial charge in [0.25, 0.3) is 0 Å². The molecule has 18 heavy (non-hydrogen) atoms. The topological polar surface area (TPSA) is 55.1 Å². The summed E-state index contributed by atoms with van der Waals surface area (Å²) in [7, 11) is 0. The minimum Gasteiger partial charge on any atom is -0.392 e. The summed E-state index contributed by atoms with van der Waals surface area (Å²) < 4.78 is 0. The number of hydrogen-bond donors (Lipinski definition) is 2. The zero-order valence-corrected chi connectivity index (χ0v) is 11.3. The van der Waals surface area contributed by atoms with E-state index in [0.29, 0.717) is 4.99 Å². The summed E-state index contributed by atoms with van der Waals surface area (Å²) in [4.78, 5) is 12.6. The number of aryl methyl sites for hydroxylation is 1. The van der Waals surface area contributed by atoms with Crippen LogP contribution in [-0.2, 0) is 11.2 Å². The molecule has 1 amide bonds. The van der Waals surface area contributed by atoms with Gasteiger partial charge in [0.1, 0.15) is 0 Å². The van der Waals surface area contributed by atoms with Crippen molar-refractivity contribution in [3.63, 3.8) is 0 Å². The van der Waals surface area contributed by atoms with Crippen molar-refractivity contribution in [1.82, 2.24) is 5.32 Å². The molecule has 0 saturated carbocycles. The number of fused-ring (bicyclic) bond motifs is 1. The molecule has 0 heterocycles. The Morgan fingerprint density at radius 3 is 2.94 bits per heavy atom. The summed E-state index contributed by atoms with van der Waals surface area (Å²) in [5, 5.41) is 2.88. The normalized spacial score (nSPS) is 19.7. The lowest BCUT2D eigenvalue weighted by molar-refractivity contribution is -0.123. The lowest BCUT2D eigenvalue weighted by Gasteiger charge is -2.26. The highest BCUT2D eigenvalue weighted by molar-refractivity contribution is 7.80. The van der Waals surface area contributed by atoms with E-state index in [1.54, 1.807) is 0 Å². The number of nitrogens with one attached hydrogen (secondary N) is 1. The van der Waals surface area contributed by atoms with Crippen LogP contribution < -0.4 is 11.1 Å². The molecular weight excluding hydrogens is 244 g/mol. The quantitative estimate of drug-likeness (QED) is 0.818. The monoisotopic (exact) mass is 262 g/mol. The molecule has 2 rings (SSSR count). The number of hydrogen-bond acceptors (Lipinski definition) is 2. The highest BCUT2D eigenvalue weighted by atomic mass is 32.1. The van der Waals surface area contributed by atoms with Crippen molar-refractivity contribution in [2.75, 3.05) is 0 Å². The van der Waals surface area contributed by atoms with Gasteiger partial charge in [-0.1, -0.05) is 36.5 Å². The van der Waals surface area contributed by atoms with Crippen LogP contribution in [0.5, 0.6) is 0 Å². The summed E-state index contributed by atoms with van der Waals surface area (Å²) in [5.74, 6) is -0.0331. The van der Waals surface area contributed by atoms with E-state index in [2.05, 4.69) is 11.4 Å². The van der Waals surface area contributed by atoms with E-state index in [4.69, 9.17) is 18.0 Å². The zero-order valence-electron chi connectivity index (χ0n) is 10.5. The fourth-order valence-electron chi connectivity index (χ4n) is 2.41. The Hall–Kier alpha value is -1.42.